The lowest BCUT2D eigenvalue weighted by atomic mass is 9.95. The molecule has 0 aliphatic rings. The van der Waals surface area contributed by atoms with Gasteiger partial charge >= 0.3 is 5.97 Å². The van der Waals surface area contributed by atoms with Gasteiger partial charge in [0.2, 0.25) is 0 Å². The summed E-state index contributed by atoms with van der Waals surface area (Å²) >= 11 is 3.68. The van der Waals surface area contributed by atoms with Crippen molar-refractivity contribution in [2.24, 2.45) is 0 Å². The number of ether oxygens (including phenoxy) is 1. The minimum atomic E-state index is -0.331. The van der Waals surface area contributed by atoms with Gasteiger partial charge in [-0.3, -0.25) is 0 Å². The van der Waals surface area contributed by atoms with Crippen molar-refractivity contribution in [1.82, 2.24) is 0 Å². The molecule has 0 radical (unpaired) electrons. The predicted octanol–water partition coefficient (Wildman–Crippen LogP) is 5.36. The fourth-order valence-electron chi connectivity index (χ4n) is 2.58. The Morgan fingerprint density at radius 3 is 2.41 bits per heavy atom. The number of carbonyl (C=O) groups is 1. The third kappa shape index (κ3) is 2.53. The summed E-state index contributed by atoms with van der Waals surface area (Å²) in [5.41, 5.74) is 3.60. The predicted molar refractivity (Wildman–Crippen MR) is 93.2 cm³/mol. The van der Waals surface area contributed by atoms with Crippen LogP contribution in [0.4, 0.5) is 0 Å². The van der Waals surface area contributed by atoms with Gasteiger partial charge in [0.15, 0.2) is 0 Å². The van der Waals surface area contributed by atoms with E-state index in [9.17, 15) is 4.79 Å². The van der Waals surface area contributed by atoms with Crippen LogP contribution in [-0.2, 0) is 4.74 Å². The summed E-state index contributed by atoms with van der Waals surface area (Å²) in [4.78, 5) is 12.2. The van der Waals surface area contributed by atoms with Crippen LogP contribution in [0.5, 0.6) is 0 Å². The van der Waals surface area contributed by atoms with E-state index < -0.39 is 0 Å². The Labute approximate surface area is 137 Å². The molecule has 110 valence electrons. The SMILES string of the molecule is COC(=O)c1cc2ccccc2c(Br)c1-c1ccc(C)cc1. The Bertz CT molecular complexity index is 851. The van der Waals surface area contributed by atoms with Crippen LogP contribution >= 0.6 is 15.9 Å². The molecule has 3 heteroatoms. The molecular formula is C19H15BrO2. The topological polar surface area (TPSA) is 26.3 Å². The summed E-state index contributed by atoms with van der Waals surface area (Å²) in [7, 11) is 1.41. The van der Waals surface area contributed by atoms with Gasteiger partial charge in [0.05, 0.1) is 12.7 Å². The van der Waals surface area contributed by atoms with Crippen LogP contribution < -0.4 is 0 Å². The highest BCUT2D eigenvalue weighted by atomic mass is 79.9. The van der Waals surface area contributed by atoms with E-state index in [1.807, 2.05) is 61.5 Å². The second-order valence-corrected chi connectivity index (χ2v) is 5.98. The molecule has 0 aliphatic heterocycles. The van der Waals surface area contributed by atoms with Crippen molar-refractivity contribution in [3.8, 4) is 11.1 Å². The van der Waals surface area contributed by atoms with Gasteiger partial charge in [-0.15, -0.1) is 0 Å². The number of hydrogen-bond donors (Lipinski definition) is 0. The van der Waals surface area contributed by atoms with Crippen LogP contribution in [0.15, 0.2) is 59.1 Å². The van der Waals surface area contributed by atoms with Crippen molar-refractivity contribution >= 4 is 32.7 Å². The first-order valence-electron chi connectivity index (χ1n) is 6.98. The second kappa shape index (κ2) is 5.93. The normalized spacial score (nSPS) is 10.7. The minimum Gasteiger partial charge on any atom is -0.465 e. The van der Waals surface area contributed by atoms with Gasteiger partial charge in [0.25, 0.3) is 0 Å². The molecule has 22 heavy (non-hydrogen) atoms. The third-order valence-corrected chi connectivity index (χ3v) is 4.56. The van der Waals surface area contributed by atoms with Crippen molar-refractivity contribution in [1.29, 1.82) is 0 Å². The first-order chi connectivity index (χ1) is 10.6. The molecule has 0 aromatic heterocycles. The number of hydrogen-bond acceptors (Lipinski definition) is 2. The number of benzene rings is 3. The number of carbonyl (C=O) groups excluding carboxylic acids is 1. The smallest absolute Gasteiger partial charge is 0.338 e. The van der Waals surface area contributed by atoms with Crippen molar-refractivity contribution in [3.63, 3.8) is 0 Å². The Hall–Kier alpha value is -2.13. The maximum Gasteiger partial charge on any atom is 0.338 e. The Balaban J connectivity index is 2.37. The van der Waals surface area contributed by atoms with Gasteiger partial charge < -0.3 is 4.74 Å². The third-order valence-electron chi connectivity index (χ3n) is 3.73. The number of methoxy groups -OCH3 is 1. The molecule has 2 nitrogen and oxygen atoms in total. The maximum absolute atomic E-state index is 12.2. The second-order valence-electron chi connectivity index (χ2n) is 5.19. The molecule has 0 N–H and O–H groups in total. The largest absolute Gasteiger partial charge is 0.465 e. The molecule has 0 atom stereocenters. The molecule has 3 rings (SSSR count). The van der Waals surface area contributed by atoms with Gasteiger partial charge in [-0.05, 0) is 45.3 Å². The first kappa shape index (κ1) is 14.8. The fraction of sp³-hybridized carbons (Fsp3) is 0.105. The number of rotatable bonds is 2. The van der Waals surface area contributed by atoms with Crippen molar-refractivity contribution in [2.75, 3.05) is 7.11 Å². The zero-order chi connectivity index (χ0) is 15.7. The van der Waals surface area contributed by atoms with E-state index in [-0.39, 0.29) is 5.97 Å². The Morgan fingerprint density at radius 2 is 1.73 bits per heavy atom. The van der Waals surface area contributed by atoms with Crippen LogP contribution in [0, 0.1) is 6.92 Å². The Kier molecular flexibility index (Phi) is 3.99. The van der Waals surface area contributed by atoms with Crippen LogP contribution in [-0.4, -0.2) is 13.1 Å². The summed E-state index contributed by atoms with van der Waals surface area (Å²) in [6.45, 7) is 2.04. The van der Waals surface area contributed by atoms with Crippen molar-refractivity contribution < 1.29 is 9.53 Å². The summed E-state index contributed by atoms with van der Waals surface area (Å²) in [5.74, 6) is -0.331. The standard InChI is InChI=1S/C19H15BrO2/c1-12-7-9-13(10-8-12)17-16(19(21)22-2)11-14-5-3-4-6-15(14)18(17)20/h3-11H,1-2H3. The van der Waals surface area contributed by atoms with Crippen molar-refractivity contribution in [3.05, 3.63) is 70.2 Å². The minimum absolute atomic E-state index is 0.331. The molecule has 0 heterocycles. The summed E-state index contributed by atoms with van der Waals surface area (Å²) < 4.78 is 5.88. The highest BCUT2D eigenvalue weighted by molar-refractivity contribution is 9.10. The van der Waals surface area contributed by atoms with Crippen LogP contribution in [0.25, 0.3) is 21.9 Å². The van der Waals surface area contributed by atoms with E-state index in [0.717, 1.165) is 26.4 Å². The lowest BCUT2D eigenvalue weighted by molar-refractivity contribution is 0.0601. The zero-order valence-corrected chi connectivity index (χ0v) is 14.0. The molecule has 0 saturated carbocycles. The average Bonchev–Trinajstić information content (AvgIpc) is 2.55. The Morgan fingerprint density at radius 1 is 1.05 bits per heavy atom. The van der Waals surface area contributed by atoms with Crippen molar-refractivity contribution in [2.45, 2.75) is 6.92 Å². The molecule has 0 bridgehead atoms. The molecule has 0 fully saturated rings. The summed E-state index contributed by atoms with van der Waals surface area (Å²) in [6, 6.07) is 18.0. The quantitative estimate of drug-likeness (QED) is 0.578. The monoisotopic (exact) mass is 354 g/mol. The molecule has 3 aromatic rings. The molecule has 3 aromatic carbocycles. The van der Waals surface area contributed by atoms with E-state index in [1.165, 1.54) is 12.7 Å². The maximum atomic E-state index is 12.2. The lowest BCUT2D eigenvalue weighted by Crippen LogP contribution is -2.04. The number of halogens is 1. The molecule has 0 unspecified atom stereocenters. The van der Waals surface area contributed by atoms with Gasteiger partial charge in [0.1, 0.15) is 0 Å². The summed E-state index contributed by atoms with van der Waals surface area (Å²) in [5, 5.41) is 2.08. The van der Waals surface area contributed by atoms with Gasteiger partial charge in [-0.2, -0.15) is 0 Å². The average molecular weight is 355 g/mol. The number of fused-ring (bicyclic) bond motifs is 1. The molecule has 0 spiro atoms. The molecule has 0 aliphatic carbocycles. The van der Waals surface area contributed by atoms with E-state index in [2.05, 4.69) is 15.9 Å². The van der Waals surface area contributed by atoms with Gasteiger partial charge in [-0.1, -0.05) is 54.1 Å². The fourth-order valence-corrected chi connectivity index (χ4v) is 3.38. The number of esters is 1. The molecule has 0 amide bonds. The summed E-state index contributed by atoms with van der Waals surface area (Å²) in [6.07, 6.45) is 0. The van der Waals surface area contributed by atoms with Crippen LogP contribution in [0.1, 0.15) is 15.9 Å². The van der Waals surface area contributed by atoms with Gasteiger partial charge in [0, 0.05) is 10.0 Å². The van der Waals surface area contributed by atoms with E-state index in [4.69, 9.17) is 4.74 Å². The molecular weight excluding hydrogens is 340 g/mol. The number of aryl methyl sites for hydroxylation is 1. The molecule has 0 saturated heterocycles. The van der Waals surface area contributed by atoms with Gasteiger partial charge in [-0.25, -0.2) is 4.79 Å². The van der Waals surface area contributed by atoms with E-state index in [0.29, 0.717) is 5.56 Å². The first-order valence-corrected chi connectivity index (χ1v) is 7.77. The van der Waals surface area contributed by atoms with Crippen LogP contribution in [0.2, 0.25) is 0 Å². The highest BCUT2D eigenvalue weighted by Crippen LogP contribution is 2.38. The van der Waals surface area contributed by atoms with E-state index in [1.54, 1.807) is 0 Å². The highest BCUT2D eigenvalue weighted by Gasteiger charge is 2.19. The lowest BCUT2D eigenvalue weighted by Gasteiger charge is -2.14. The zero-order valence-electron chi connectivity index (χ0n) is 12.4. The van der Waals surface area contributed by atoms with Crippen LogP contribution in [0.3, 0.4) is 0 Å². The van der Waals surface area contributed by atoms with E-state index >= 15 is 0 Å².